The average molecular weight is 283 g/mol. The normalized spacial score (nSPS) is 16.0. The van der Waals surface area contributed by atoms with Crippen LogP contribution in [0.1, 0.15) is 30.9 Å². The first-order valence-electron chi connectivity index (χ1n) is 7.15. The molecule has 0 unspecified atom stereocenters. The predicted molar refractivity (Wildman–Crippen MR) is 79.3 cm³/mol. The second-order valence-electron chi connectivity index (χ2n) is 5.59. The van der Waals surface area contributed by atoms with Crippen LogP contribution in [0, 0.1) is 34.4 Å². The smallest absolute Gasteiger partial charge is 0.130 e. The van der Waals surface area contributed by atoms with E-state index in [1.807, 2.05) is 0 Å². The molecule has 4 heteroatoms. The standard InChI is InChI=1S/C17H18FN3/c1-13-4-6-21(7-5-13)12-16-3-2-14(9-17(16)18)8-15(10-19)11-20/h2-3,8-9,13H,4-7,12H2,1H3. The maximum absolute atomic E-state index is 14.1. The number of likely N-dealkylation sites (tertiary alicyclic amines) is 1. The second-order valence-corrected chi connectivity index (χ2v) is 5.59. The van der Waals surface area contributed by atoms with E-state index in [0.29, 0.717) is 17.7 Å². The lowest BCUT2D eigenvalue weighted by molar-refractivity contribution is 0.183. The Morgan fingerprint density at radius 1 is 1.33 bits per heavy atom. The number of halogens is 1. The molecule has 1 aliphatic heterocycles. The van der Waals surface area contributed by atoms with Gasteiger partial charge in [0.1, 0.15) is 23.5 Å². The van der Waals surface area contributed by atoms with E-state index in [0.717, 1.165) is 31.8 Å². The van der Waals surface area contributed by atoms with E-state index in [9.17, 15) is 4.39 Å². The summed E-state index contributed by atoms with van der Waals surface area (Å²) in [6.07, 6.45) is 3.72. The number of piperidine rings is 1. The van der Waals surface area contributed by atoms with Crippen LogP contribution in [0.5, 0.6) is 0 Å². The summed E-state index contributed by atoms with van der Waals surface area (Å²) in [6.45, 7) is 4.89. The molecule has 0 atom stereocenters. The molecule has 0 spiro atoms. The molecular formula is C17H18FN3. The van der Waals surface area contributed by atoms with Crippen LogP contribution in [0.4, 0.5) is 4.39 Å². The Morgan fingerprint density at radius 2 is 2.00 bits per heavy atom. The van der Waals surface area contributed by atoms with Crippen LogP contribution >= 0.6 is 0 Å². The molecule has 21 heavy (non-hydrogen) atoms. The van der Waals surface area contributed by atoms with Crippen molar-refractivity contribution in [1.29, 1.82) is 10.5 Å². The molecule has 0 bridgehead atoms. The lowest BCUT2D eigenvalue weighted by Gasteiger charge is -2.30. The van der Waals surface area contributed by atoms with Crippen molar-refractivity contribution in [2.75, 3.05) is 13.1 Å². The summed E-state index contributed by atoms with van der Waals surface area (Å²) in [7, 11) is 0. The predicted octanol–water partition coefficient (Wildman–Crippen LogP) is 3.49. The molecule has 0 aliphatic carbocycles. The molecule has 0 amide bonds. The van der Waals surface area contributed by atoms with Crippen LogP contribution < -0.4 is 0 Å². The summed E-state index contributed by atoms with van der Waals surface area (Å²) < 4.78 is 14.1. The Balaban J connectivity index is 2.08. The highest BCUT2D eigenvalue weighted by molar-refractivity contribution is 5.62. The summed E-state index contributed by atoms with van der Waals surface area (Å²) in [5.41, 5.74) is 1.19. The van der Waals surface area contributed by atoms with Gasteiger partial charge in [0.15, 0.2) is 0 Å². The van der Waals surface area contributed by atoms with E-state index in [1.54, 1.807) is 24.3 Å². The van der Waals surface area contributed by atoms with Crippen molar-refractivity contribution in [1.82, 2.24) is 4.90 Å². The van der Waals surface area contributed by atoms with Gasteiger partial charge in [-0.25, -0.2) is 4.39 Å². The molecule has 1 saturated heterocycles. The fourth-order valence-corrected chi connectivity index (χ4v) is 2.50. The highest BCUT2D eigenvalue weighted by Gasteiger charge is 2.17. The third kappa shape index (κ3) is 4.15. The van der Waals surface area contributed by atoms with Crippen molar-refractivity contribution in [2.45, 2.75) is 26.3 Å². The lowest BCUT2D eigenvalue weighted by atomic mass is 9.98. The minimum Gasteiger partial charge on any atom is -0.299 e. The van der Waals surface area contributed by atoms with Gasteiger partial charge in [-0.3, -0.25) is 4.90 Å². The topological polar surface area (TPSA) is 50.8 Å². The van der Waals surface area contributed by atoms with Gasteiger partial charge in [-0.1, -0.05) is 19.1 Å². The molecule has 0 radical (unpaired) electrons. The maximum Gasteiger partial charge on any atom is 0.130 e. The summed E-state index contributed by atoms with van der Waals surface area (Å²) in [5, 5.41) is 17.4. The van der Waals surface area contributed by atoms with E-state index in [2.05, 4.69) is 11.8 Å². The number of allylic oxidation sites excluding steroid dienone is 1. The van der Waals surface area contributed by atoms with Crippen molar-refractivity contribution >= 4 is 6.08 Å². The Labute approximate surface area is 124 Å². The highest BCUT2D eigenvalue weighted by Crippen LogP contribution is 2.20. The monoisotopic (exact) mass is 283 g/mol. The molecule has 108 valence electrons. The number of hydrogen-bond acceptors (Lipinski definition) is 3. The minimum absolute atomic E-state index is 0.0211. The van der Waals surface area contributed by atoms with E-state index < -0.39 is 0 Å². The molecule has 1 aliphatic rings. The summed E-state index contributed by atoms with van der Waals surface area (Å²) in [5.74, 6) is 0.478. The van der Waals surface area contributed by atoms with Crippen molar-refractivity contribution < 1.29 is 4.39 Å². The molecule has 1 aromatic rings. The fraction of sp³-hybridized carbons (Fsp3) is 0.412. The van der Waals surface area contributed by atoms with Gasteiger partial charge in [0, 0.05) is 12.1 Å². The van der Waals surface area contributed by atoms with E-state index in [4.69, 9.17) is 10.5 Å². The van der Waals surface area contributed by atoms with E-state index >= 15 is 0 Å². The van der Waals surface area contributed by atoms with Crippen molar-refractivity contribution in [3.8, 4) is 12.1 Å². The molecule has 1 heterocycles. The molecule has 0 saturated carbocycles. The Kier molecular flexibility index (Phi) is 5.09. The Hall–Kier alpha value is -2.17. The number of hydrogen-bond donors (Lipinski definition) is 0. The second kappa shape index (κ2) is 7.02. The molecule has 1 fully saturated rings. The van der Waals surface area contributed by atoms with Gasteiger partial charge in [-0.05, 0) is 49.6 Å². The molecular weight excluding hydrogens is 265 g/mol. The van der Waals surface area contributed by atoms with Crippen molar-refractivity contribution in [3.63, 3.8) is 0 Å². The first kappa shape index (κ1) is 15.2. The van der Waals surface area contributed by atoms with Gasteiger partial charge in [-0.2, -0.15) is 10.5 Å². The summed E-state index contributed by atoms with van der Waals surface area (Å²) in [4.78, 5) is 2.27. The van der Waals surface area contributed by atoms with Gasteiger partial charge < -0.3 is 0 Å². The third-order valence-corrected chi connectivity index (χ3v) is 3.90. The fourth-order valence-electron chi connectivity index (χ4n) is 2.50. The molecule has 0 aromatic heterocycles. The minimum atomic E-state index is -0.280. The lowest BCUT2D eigenvalue weighted by Crippen LogP contribution is -2.32. The SMILES string of the molecule is CC1CCN(Cc2ccc(C=C(C#N)C#N)cc2F)CC1. The van der Waals surface area contributed by atoms with E-state index in [1.165, 1.54) is 12.1 Å². The number of nitriles is 2. The van der Waals surface area contributed by atoms with Gasteiger partial charge in [-0.15, -0.1) is 0 Å². The summed E-state index contributed by atoms with van der Waals surface area (Å²) >= 11 is 0. The van der Waals surface area contributed by atoms with Gasteiger partial charge in [0.25, 0.3) is 0 Å². The van der Waals surface area contributed by atoms with Gasteiger partial charge in [0.05, 0.1) is 0 Å². The Morgan fingerprint density at radius 3 is 2.57 bits per heavy atom. The van der Waals surface area contributed by atoms with Crippen molar-refractivity contribution in [2.24, 2.45) is 5.92 Å². The largest absolute Gasteiger partial charge is 0.299 e. The number of rotatable bonds is 3. The maximum atomic E-state index is 14.1. The first-order chi connectivity index (χ1) is 10.1. The van der Waals surface area contributed by atoms with Gasteiger partial charge >= 0.3 is 0 Å². The zero-order valence-corrected chi connectivity index (χ0v) is 12.1. The van der Waals surface area contributed by atoms with Crippen LogP contribution in [0.2, 0.25) is 0 Å². The van der Waals surface area contributed by atoms with Gasteiger partial charge in [0.2, 0.25) is 0 Å². The molecule has 2 rings (SSSR count). The number of nitrogens with zero attached hydrogens (tertiary/aromatic N) is 3. The van der Waals surface area contributed by atoms with Crippen molar-refractivity contribution in [3.05, 3.63) is 40.7 Å². The average Bonchev–Trinajstić information content (AvgIpc) is 2.49. The zero-order chi connectivity index (χ0) is 15.2. The summed E-state index contributed by atoms with van der Waals surface area (Å²) in [6, 6.07) is 8.42. The molecule has 0 N–H and O–H groups in total. The number of benzene rings is 1. The highest BCUT2D eigenvalue weighted by atomic mass is 19.1. The Bertz CT molecular complexity index is 598. The van der Waals surface area contributed by atoms with Crippen LogP contribution in [0.25, 0.3) is 6.08 Å². The van der Waals surface area contributed by atoms with Crippen LogP contribution in [-0.4, -0.2) is 18.0 Å². The van der Waals surface area contributed by atoms with Crippen LogP contribution in [0.3, 0.4) is 0 Å². The quantitative estimate of drug-likeness (QED) is 0.798. The third-order valence-electron chi connectivity index (χ3n) is 3.90. The van der Waals surface area contributed by atoms with Crippen LogP contribution in [0.15, 0.2) is 23.8 Å². The van der Waals surface area contributed by atoms with E-state index in [-0.39, 0.29) is 11.4 Å². The molecule has 3 nitrogen and oxygen atoms in total. The zero-order valence-electron chi connectivity index (χ0n) is 12.1. The first-order valence-corrected chi connectivity index (χ1v) is 7.15. The van der Waals surface area contributed by atoms with Crippen LogP contribution in [-0.2, 0) is 6.54 Å². The molecule has 1 aromatic carbocycles.